The van der Waals surface area contributed by atoms with E-state index in [4.69, 9.17) is 9.47 Å². The zero-order valence-corrected chi connectivity index (χ0v) is 13.8. The van der Waals surface area contributed by atoms with Crippen LogP contribution in [0.25, 0.3) is 0 Å². The van der Waals surface area contributed by atoms with Gasteiger partial charge in [-0.15, -0.1) is 0 Å². The van der Waals surface area contributed by atoms with Crippen molar-refractivity contribution in [1.29, 1.82) is 0 Å². The lowest BCUT2D eigenvalue weighted by atomic mass is 10.2. The van der Waals surface area contributed by atoms with E-state index in [2.05, 4.69) is 14.7 Å². The molecule has 0 saturated heterocycles. The van der Waals surface area contributed by atoms with Crippen molar-refractivity contribution in [2.24, 2.45) is 0 Å². The lowest BCUT2D eigenvalue weighted by Gasteiger charge is -2.18. The lowest BCUT2D eigenvalue weighted by molar-refractivity contribution is 0.171. The first kappa shape index (κ1) is 15.3. The number of rotatable bonds is 5. The summed E-state index contributed by atoms with van der Waals surface area (Å²) in [5.41, 5.74) is 1.64. The van der Waals surface area contributed by atoms with Crippen LogP contribution in [0.2, 0.25) is 0 Å². The Hall–Kier alpha value is -2.19. The second-order valence-electron chi connectivity index (χ2n) is 5.84. The Kier molecular flexibility index (Phi) is 3.85. The number of hydrogen-bond acceptors (Lipinski definition) is 6. The first-order chi connectivity index (χ1) is 11.6. The van der Waals surface area contributed by atoms with Gasteiger partial charge in [0.1, 0.15) is 19.5 Å². The summed E-state index contributed by atoms with van der Waals surface area (Å²) < 4.78 is 38.4. The van der Waals surface area contributed by atoms with Gasteiger partial charge >= 0.3 is 0 Å². The highest BCUT2D eigenvalue weighted by Gasteiger charge is 2.25. The summed E-state index contributed by atoms with van der Waals surface area (Å²) in [6.45, 7) is 1.00. The molecule has 0 radical (unpaired) electrons. The fourth-order valence-electron chi connectivity index (χ4n) is 2.56. The van der Waals surface area contributed by atoms with Crippen molar-refractivity contribution in [3.05, 3.63) is 42.0 Å². The Bertz CT molecular complexity index is 865. The summed E-state index contributed by atoms with van der Waals surface area (Å²) in [6.07, 6.45) is 3.76. The average Bonchev–Trinajstić information content (AvgIpc) is 3.45. The maximum absolute atomic E-state index is 12.5. The molecule has 0 spiro atoms. The van der Waals surface area contributed by atoms with Gasteiger partial charge in [0.25, 0.3) is 0 Å². The van der Waals surface area contributed by atoms with E-state index in [-0.39, 0.29) is 11.4 Å². The number of fused-ring (bicyclic) bond motifs is 1. The molecule has 126 valence electrons. The summed E-state index contributed by atoms with van der Waals surface area (Å²) in [4.78, 5) is 8.51. The molecule has 0 atom stereocenters. The van der Waals surface area contributed by atoms with Gasteiger partial charge in [0, 0.05) is 17.7 Å². The predicted octanol–water partition coefficient (Wildman–Crippen LogP) is 1.60. The topological polar surface area (TPSA) is 90.4 Å². The second-order valence-corrected chi connectivity index (χ2v) is 7.61. The van der Waals surface area contributed by atoms with Crippen molar-refractivity contribution in [2.75, 3.05) is 13.2 Å². The minimum atomic E-state index is -3.66. The van der Waals surface area contributed by atoms with Crippen molar-refractivity contribution in [3.63, 3.8) is 0 Å². The van der Waals surface area contributed by atoms with Crippen LogP contribution in [0, 0.1) is 0 Å². The highest BCUT2D eigenvalue weighted by atomic mass is 32.2. The van der Waals surface area contributed by atoms with Crippen LogP contribution in [-0.4, -0.2) is 31.6 Å². The van der Waals surface area contributed by atoms with E-state index in [0.717, 1.165) is 18.5 Å². The molecule has 4 rings (SSSR count). The maximum Gasteiger partial charge on any atom is 0.241 e. The smallest absolute Gasteiger partial charge is 0.241 e. The van der Waals surface area contributed by atoms with E-state index in [1.165, 1.54) is 18.5 Å². The molecule has 1 saturated carbocycles. The van der Waals surface area contributed by atoms with Crippen LogP contribution in [0.4, 0.5) is 0 Å². The van der Waals surface area contributed by atoms with Gasteiger partial charge < -0.3 is 9.47 Å². The fraction of sp³-hybridized carbons (Fsp3) is 0.375. The third-order valence-corrected chi connectivity index (χ3v) is 5.41. The van der Waals surface area contributed by atoms with Crippen LogP contribution in [0.3, 0.4) is 0 Å². The molecule has 7 nitrogen and oxygen atoms in total. The van der Waals surface area contributed by atoms with E-state index in [1.807, 2.05) is 6.07 Å². The Labute approximate surface area is 140 Å². The van der Waals surface area contributed by atoms with Crippen LogP contribution in [0.5, 0.6) is 11.5 Å². The zero-order chi connectivity index (χ0) is 16.6. The molecule has 8 heteroatoms. The van der Waals surface area contributed by atoms with Crippen molar-refractivity contribution < 1.29 is 17.9 Å². The number of ether oxygens (including phenoxy) is 2. The van der Waals surface area contributed by atoms with Crippen molar-refractivity contribution in [1.82, 2.24) is 14.7 Å². The number of aromatic nitrogens is 2. The lowest BCUT2D eigenvalue weighted by Crippen LogP contribution is -2.24. The summed E-state index contributed by atoms with van der Waals surface area (Å²) in [7, 11) is -3.66. The van der Waals surface area contributed by atoms with Gasteiger partial charge in [-0.05, 0) is 31.0 Å². The monoisotopic (exact) mass is 347 g/mol. The summed E-state index contributed by atoms with van der Waals surface area (Å²) in [6, 6.07) is 6.46. The van der Waals surface area contributed by atoms with Crippen LogP contribution >= 0.6 is 0 Å². The Morgan fingerprint density at radius 2 is 1.88 bits per heavy atom. The van der Waals surface area contributed by atoms with Gasteiger partial charge in [-0.3, -0.25) is 0 Å². The molecule has 1 aliphatic heterocycles. The molecule has 1 fully saturated rings. The van der Waals surface area contributed by atoms with E-state index in [0.29, 0.717) is 36.3 Å². The molecule has 0 unspecified atom stereocenters. The van der Waals surface area contributed by atoms with Crippen LogP contribution in [-0.2, 0) is 16.6 Å². The van der Waals surface area contributed by atoms with Gasteiger partial charge in [0.05, 0.1) is 17.1 Å². The van der Waals surface area contributed by atoms with E-state index >= 15 is 0 Å². The molecule has 1 aliphatic carbocycles. The molecule has 1 aromatic heterocycles. The molecule has 1 aromatic carbocycles. The zero-order valence-electron chi connectivity index (χ0n) is 12.9. The number of benzene rings is 1. The highest BCUT2D eigenvalue weighted by molar-refractivity contribution is 7.89. The molecule has 0 bridgehead atoms. The summed E-state index contributed by atoms with van der Waals surface area (Å²) in [5.74, 6) is 1.51. The van der Waals surface area contributed by atoms with E-state index < -0.39 is 10.0 Å². The normalized spacial score (nSPS) is 16.8. The standard InChI is InChI=1S/C16H17N3O4S/c20-24(21,13-3-4-15-16(8-13)23-6-5-22-15)19-9-12-7-14(11-1-2-11)18-10-17-12/h3-4,7-8,10-11,19H,1-2,5-6,9H2. The van der Waals surface area contributed by atoms with Gasteiger partial charge in [-0.1, -0.05) is 0 Å². The molecule has 2 aliphatic rings. The van der Waals surface area contributed by atoms with Gasteiger partial charge in [-0.25, -0.2) is 23.1 Å². The van der Waals surface area contributed by atoms with Gasteiger partial charge in [-0.2, -0.15) is 0 Å². The molecule has 24 heavy (non-hydrogen) atoms. The third-order valence-electron chi connectivity index (χ3n) is 4.01. The van der Waals surface area contributed by atoms with E-state index in [9.17, 15) is 8.42 Å². The molecular formula is C16H17N3O4S. The largest absolute Gasteiger partial charge is 0.486 e. The molecule has 2 aromatic rings. The molecule has 2 heterocycles. The SMILES string of the molecule is O=S(=O)(NCc1cc(C2CC2)ncn1)c1ccc2c(c1)OCCO2. The van der Waals surface area contributed by atoms with Crippen molar-refractivity contribution in [3.8, 4) is 11.5 Å². The first-order valence-corrected chi connectivity index (χ1v) is 9.30. The van der Waals surface area contributed by atoms with Crippen molar-refractivity contribution in [2.45, 2.75) is 30.2 Å². The predicted molar refractivity (Wildman–Crippen MR) is 85.5 cm³/mol. The molecule has 0 amide bonds. The maximum atomic E-state index is 12.5. The van der Waals surface area contributed by atoms with Gasteiger partial charge in [0.2, 0.25) is 10.0 Å². The first-order valence-electron chi connectivity index (χ1n) is 7.82. The summed E-state index contributed by atoms with van der Waals surface area (Å²) in [5, 5.41) is 0. The highest BCUT2D eigenvalue weighted by Crippen LogP contribution is 2.38. The Balaban J connectivity index is 1.50. The van der Waals surface area contributed by atoms with Gasteiger partial charge in [0.15, 0.2) is 11.5 Å². The fourth-order valence-corrected chi connectivity index (χ4v) is 3.57. The number of hydrogen-bond donors (Lipinski definition) is 1. The second kappa shape index (κ2) is 6.03. The van der Waals surface area contributed by atoms with E-state index in [1.54, 1.807) is 6.07 Å². The van der Waals surface area contributed by atoms with Crippen LogP contribution < -0.4 is 14.2 Å². The minimum absolute atomic E-state index is 0.124. The Morgan fingerprint density at radius 1 is 1.08 bits per heavy atom. The average molecular weight is 347 g/mol. The minimum Gasteiger partial charge on any atom is -0.486 e. The van der Waals surface area contributed by atoms with Crippen LogP contribution in [0.15, 0.2) is 35.5 Å². The van der Waals surface area contributed by atoms with Crippen LogP contribution in [0.1, 0.15) is 30.1 Å². The number of nitrogens with zero attached hydrogens (tertiary/aromatic N) is 2. The number of sulfonamides is 1. The molecular weight excluding hydrogens is 330 g/mol. The third kappa shape index (κ3) is 3.20. The number of nitrogens with one attached hydrogen (secondary N) is 1. The van der Waals surface area contributed by atoms with Crippen molar-refractivity contribution >= 4 is 10.0 Å². The summed E-state index contributed by atoms with van der Waals surface area (Å²) >= 11 is 0. The Morgan fingerprint density at radius 3 is 2.67 bits per heavy atom. The molecule has 1 N–H and O–H groups in total. The quantitative estimate of drug-likeness (QED) is 0.883.